The van der Waals surface area contributed by atoms with E-state index in [1.54, 1.807) is 50.9 Å². The molecule has 0 spiro atoms. The van der Waals surface area contributed by atoms with Crippen LogP contribution in [0.3, 0.4) is 0 Å². The summed E-state index contributed by atoms with van der Waals surface area (Å²) >= 11 is 5.95. The number of benzene rings is 2. The first-order valence-corrected chi connectivity index (χ1v) is 11.3. The molecule has 3 heterocycles. The van der Waals surface area contributed by atoms with Crippen molar-refractivity contribution in [2.24, 2.45) is 0 Å². The van der Waals surface area contributed by atoms with Crippen molar-refractivity contribution in [2.75, 3.05) is 37.6 Å². The fourth-order valence-electron chi connectivity index (χ4n) is 4.32. The van der Waals surface area contributed by atoms with Gasteiger partial charge in [0.15, 0.2) is 5.69 Å². The maximum absolute atomic E-state index is 14.1. The molecule has 0 aliphatic carbocycles. The Hall–Kier alpha value is -3.39. The highest BCUT2D eigenvalue weighted by atomic mass is 35.5. The predicted molar refractivity (Wildman–Crippen MR) is 123 cm³/mol. The number of hydrogen-bond acceptors (Lipinski definition) is 4. The molecule has 1 fully saturated rings. The fourth-order valence-corrected chi connectivity index (χ4v) is 4.45. The molecule has 7 nitrogen and oxygen atoms in total. The number of piperazine rings is 1. The molecule has 2 aliphatic rings. The van der Waals surface area contributed by atoms with E-state index >= 15 is 0 Å². The number of fused-ring (bicyclic) bond motifs is 1. The Morgan fingerprint density at radius 1 is 0.970 bits per heavy atom. The highest BCUT2D eigenvalue weighted by molar-refractivity contribution is 6.30. The first-order chi connectivity index (χ1) is 16.0. The van der Waals surface area contributed by atoms with Crippen molar-refractivity contribution in [3.63, 3.8) is 0 Å². The third kappa shape index (κ3) is 4.30. The third-order valence-electron chi connectivity index (χ3n) is 6.13. The van der Waals surface area contributed by atoms with E-state index in [0.29, 0.717) is 62.2 Å². The number of hydrogen-bond donors (Lipinski definition) is 0. The molecule has 3 aromatic rings. The minimum Gasteiger partial charge on any atom is -0.366 e. The summed E-state index contributed by atoms with van der Waals surface area (Å²) in [6.45, 7) is 3.52. The molecule has 1 aromatic heterocycles. The Labute approximate surface area is 195 Å². The largest absolute Gasteiger partial charge is 0.366 e. The van der Waals surface area contributed by atoms with Crippen LogP contribution in [0.25, 0.3) is 0 Å². The van der Waals surface area contributed by atoms with Crippen molar-refractivity contribution in [2.45, 2.75) is 13.1 Å². The average Bonchev–Trinajstić information content (AvgIpc) is 3.28. The highest BCUT2D eigenvalue weighted by Crippen LogP contribution is 2.22. The van der Waals surface area contributed by atoms with Crippen LogP contribution in [-0.2, 0) is 13.1 Å². The van der Waals surface area contributed by atoms with Gasteiger partial charge in [-0.15, -0.1) is 0 Å². The summed E-state index contributed by atoms with van der Waals surface area (Å²) in [6, 6.07) is 15.6. The van der Waals surface area contributed by atoms with Crippen molar-refractivity contribution >= 4 is 29.1 Å². The molecule has 170 valence electrons. The second-order valence-electron chi connectivity index (χ2n) is 8.22. The quantitative estimate of drug-likeness (QED) is 0.590. The number of carbonyl (C=O) groups is 2. The molecular weight excluding hydrogens is 445 g/mol. The number of rotatable bonds is 4. The van der Waals surface area contributed by atoms with Gasteiger partial charge < -0.3 is 14.7 Å². The van der Waals surface area contributed by atoms with Gasteiger partial charge in [0.2, 0.25) is 0 Å². The molecule has 1 saturated heterocycles. The van der Waals surface area contributed by atoms with Gasteiger partial charge in [-0.1, -0.05) is 35.9 Å². The SMILES string of the molecule is O=C(c1cc2n(n1)CCN(Cc1ccc(Cl)cc1)C2=O)N1CCN(c2ccccc2F)CC1. The molecule has 2 aliphatic heterocycles. The van der Waals surface area contributed by atoms with Crippen LogP contribution in [-0.4, -0.2) is 64.1 Å². The van der Waals surface area contributed by atoms with E-state index < -0.39 is 0 Å². The third-order valence-corrected chi connectivity index (χ3v) is 6.39. The van der Waals surface area contributed by atoms with Crippen molar-refractivity contribution in [3.8, 4) is 0 Å². The maximum Gasteiger partial charge on any atom is 0.274 e. The van der Waals surface area contributed by atoms with Gasteiger partial charge in [0.1, 0.15) is 11.5 Å². The second kappa shape index (κ2) is 8.86. The van der Waals surface area contributed by atoms with Crippen molar-refractivity contribution in [1.82, 2.24) is 19.6 Å². The predicted octanol–water partition coefficient (Wildman–Crippen LogP) is 3.29. The average molecular weight is 468 g/mol. The van der Waals surface area contributed by atoms with E-state index in [1.807, 2.05) is 17.0 Å². The molecule has 2 aromatic carbocycles. The summed E-state index contributed by atoms with van der Waals surface area (Å²) in [5.41, 5.74) is 2.23. The van der Waals surface area contributed by atoms with Gasteiger partial charge in [-0.3, -0.25) is 14.3 Å². The van der Waals surface area contributed by atoms with Crippen LogP contribution < -0.4 is 4.90 Å². The lowest BCUT2D eigenvalue weighted by molar-refractivity contribution is 0.0680. The maximum atomic E-state index is 14.1. The Morgan fingerprint density at radius 2 is 1.70 bits per heavy atom. The van der Waals surface area contributed by atoms with Gasteiger partial charge in [0.05, 0.1) is 12.2 Å². The van der Waals surface area contributed by atoms with Gasteiger partial charge in [-0.05, 0) is 29.8 Å². The Bertz CT molecular complexity index is 1190. The monoisotopic (exact) mass is 467 g/mol. The van der Waals surface area contributed by atoms with E-state index in [4.69, 9.17) is 11.6 Å². The number of nitrogens with zero attached hydrogens (tertiary/aromatic N) is 5. The topological polar surface area (TPSA) is 61.7 Å². The zero-order chi connectivity index (χ0) is 22.9. The number of carbonyl (C=O) groups excluding carboxylic acids is 2. The van der Waals surface area contributed by atoms with Gasteiger partial charge >= 0.3 is 0 Å². The van der Waals surface area contributed by atoms with Crippen LogP contribution >= 0.6 is 11.6 Å². The van der Waals surface area contributed by atoms with E-state index in [1.165, 1.54) is 6.07 Å². The van der Waals surface area contributed by atoms with Gasteiger partial charge in [0.25, 0.3) is 11.8 Å². The Kier molecular flexibility index (Phi) is 5.76. The van der Waals surface area contributed by atoms with Gasteiger partial charge in [-0.2, -0.15) is 5.10 Å². The van der Waals surface area contributed by atoms with E-state index in [9.17, 15) is 14.0 Å². The first-order valence-electron chi connectivity index (χ1n) is 10.9. The highest BCUT2D eigenvalue weighted by Gasteiger charge is 2.30. The molecule has 5 rings (SSSR count). The van der Waals surface area contributed by atoms with Crippen LogP contribution in [0, 0.1) is 5.82 Å². The minimum atomic E-state index is -0.263. The van der Waals surface area contributed by atoms with Crippen molar-refractivity contribution in [3.05, 3.63) is 82.4 Å². The van der Waals surface area contributed by atoms with E-state index in [0.717, 1.165) is 5.56 Å². The molecule has 33 heavy (non-hydrogen) atoms. The Balaban J connectivity index is 1.25. The van der Waals surface area contributed by atoms with Crippen LogP contribution in [0.15, 0.2) is 54.6 Å². The molecule has 2 amide bonds. The van der Waals surface area contributed by atoms with Crippen LogP contribution in [0.2, 0.25) is 5.02 Å². The fraction of sp³-hybridized carbons (Fsp3) is 0.292. The number of anilines is 1. The lowest BCUT2D eigenvalue weighted by atomic mass is 10.2. The normalized spacial score (nSPS) is 16.2. The zero-order valence-corrected chi connectivity index (χ0v) is 18.7. The van der Waals surface area contributed by atoms with Gasteiger partial charge in [0, 0.05) is 50.4 Å². The number of aromatic nitrogens is 2. The summed E-state index contributed by atoms with van der Waals surface area (Å²) in [6.07, 6.45) is 0. The number of halogens is 2. The standard InChI is InChI=1S/C24H23ClFN5O2/c25-18-7-5-17(6-8-18)16-30-13-14-31-22(24(30)33)15-20(27-31)23(32)29-11-9-28(10-12-29)21-4-2-1-3-19(21)26/h1-8,15H,9-14,16H2. The molecular formula is C24H23ClFN5O2. The van der Waals surface area contributed by atoms with Crippen LogP contribution in [0.1, 0.15) is 26.5 Å². The van der Waals surface area contributed by atoms with E-state index in [-0.39, 0.29) is 23.3 Å². The summed E-state index contributed by atoms with van der Waals surface area (Å²) in [4.78, 5) is 31.5. The molecule has 0 radical (unpaired) electrons. The second-order valence-corrected chi connectivity index (χ2v) is 8.66. The van der Waals surface area contributed by atoms with Crippen LogP contribution in [0.5, 0.6) is 0 Å². The molecule has 0 saturated carbocycles. The lowest BCUT2D eigenvalue weighted by Gasteiger charge is -2.35. The minimum absolute atomic E-state index is 0.146. The zero-order valence-electron chi connectivity index (χ0n) is 18.0. The number of para-hydroxylation sites is 1. The molecule has 9 heteroatoms. The molecule has 0 bridgehead atoms. The summed E-state index contributed by atoms with van der Waals surface area (Å²) < 4.78 is 15.7. The van der Waals surface area contributed by atoms with Crippen molar-refractivity contribution < 1.29 is 14.0 Å². The summed E-state index contributed by atoms with van der Waals surface area (Å²) in [7, 11) is 0. The molecule has 0 atom stereocenters. The summed E-state index contributed by atoms with van der Waals surface area (Å²) in [5, 5.41) is 5.06. The van der Waals surface area contributed by atoms with Crippen molar-refractivity contribution in [1.29, 1.82) is 0 Å². The van der Waals surface area contributed by atoms with Crippen LogP contribution in [0.4, 0.5) is 10.1 Å². The summed E-state index contributed by atoms with van der Waals surface area (Å²) in [5.74, 6) is -0.616. The van der Waals surface area contributed by atoms with E-state index in [2.05, 4.69) is 5.10 Å². The Morgan fingerprint density at radius 3 is 2.42 bits per heavy atom. The molecule has 0 unspecified atom stereocenters. The molecule has 0 N–H and O–H groups in total. The number of amides is 2. The smallest absolute Gasteiger partial charge is 0.274 e. The first kappa shape index (κ1) is 21.5. The lowest BCUT2D eigenvalue weighted by Crippen LogP contribution is -2.49. The van der Waals surface area contributed by atoms with Gasteiger partial charge in [-0.25, -0.2) is 4.39 Å².